The van der Waals surface area contributed by atoms with E-state index in [1.165, 1.54) is 5.56 Å². The standard InChI is InChI=1S/C26H29BN2O4S2/c1-34-25-18(17-3-2-4-21-19(17)14-33-27(21)31)12-23(35-25)24(30)29-9-7-26(8-10-29)15-32-22-6-5-16(13-28)11-20(22)26/h2-6,11-12,18,25,31H,7-10,13-15,28H2,1H3. The highest BCUT2D eigenvalue weighted by Crippen LogP contribution is 2.50. The van der Waals surface area contributed by atoms with Gasteiger partial charge in [0.05, 0.1) is 22.7 Å². The fourth-order valence-corrected chi connectivity index (χ4v) is 8.15. The Labute approximate surface area is 214 Å². The molecule has 9 heteroatoms. The molecule has 4 aliphatic heterocycles. The predicted molar refractivity (Wildman–Crippen MR) is 142 cm³/mol. The van der Waals surface area contributed by atoms with Gasteiger partial charge in [-0.1, -0.05) is 36.4 Å². The minimum atomic E-state index is -0.858. The van der Waals surface area contributed by atoms with E-state index in [2.05, 4.69) is 24.5 Å². The largest absolute Gasteiger partial charge is 0.492 e. The van der Waals surface area contributed by atoms with E-state index in [9.17, 15) is 9.82 Å². The van der Waals surface area contributed by atoms with E-state index in [4.69, 9.17) is 15.1 Å². The third-order valence-electron chi connectivity index (χ3n) is 7.93. The summed E-state index contributed by atoms with van der Waals surface area (Å²) in [4.78, 5) is 16.4. The van der Waals surface area contributed by atoms with Crippen molar-refractivity contribution in [3.8, 4) is 5.75 Å². The van der Waals surface area contributed by atoms with Crippen LogP contribution in [-0.2, 0) is 28.0 Å². The van der Waals surface area contributed by atoms with E-state index in [-0.39, 0.29) is 21.8 Å². The Kier molecular flexibility index (Phi) is 6.17. The number of benzene rings is 2. The molecule has 1 spiro atoms. The van der Waals surface area contributed by atoms with Crippen molar-refractivity contribution in [3.63, 3.8) is 0 Å². The topological polar surface area (TPSA) is 85.0 Å². The molecule has 3 N–H and O–H groups in total. The lowest BCUT2D eigenvalue weighted by Gasteiger charge is -2.38. The maximum Gasteiger partial charge on any atom is 0.491 e. The maximum absolute atomic E-state index is 13.6. The van der Waals surface area contributed by atoms with Crippen LogP contribution in [0.2, 0.25) is 0 Å². The van der Waals surface area contributed by atoms with Crippen LogP contribution < -0.4 is 15.9 Å². The van der Waals surface area contributed by atoms with Gasteiger partial charge in [0.2, 0.25) is 0 Å². The number of rotatable bonds is 4. The molecular weight excluding hydrogens is 479 g/mol. The second-order valence-electron chi connectivity index (χ2n) is 9.75. The van der Waals surface area contributed by atoms with Crippen LogP contribution in [0.5, 0.6) is 5.75 Å². The lowest BCUT2D eigenvalue weighted by atomic mass is 9.74. The van der Waals surface area contributed by atoms with Gasteiger partial charge in [-0.2, -0.15) is 0 Å². The Bertz CT molecular complexity index is 1200. The molecule has 6 rings (SSSR count). The first-order valence-electron chi connectivity index (χ1n) is 12.1. The molecule has 182 valence electrons. The lowest BCUT2D eigenvalue weighted by molar-refractivity contribution is -0.128. The van der Waals surface area contributed by atoms with Crippen molar-refractivity contribution in [2.75, 3.05) is 26.0 Å². The molecule has 0 bridgehead atoms. The highest BCUT2D eigenvalue weighted by Gasteiger charge is 2.45. The number of ether oxygens (including phenoxy) is 1. The first-order chi connectivity index (χ1) is 17.0. The number of allylic oxidation sites excluding steroid dienone is 1. The van der Waals surface area contributed by atoms with Gasteiger partial charge in [-0.15, -0.1) is 23.5 Å². The van der Waals surface area contributed by atoms with Gasteiger partial charge in [0.15, 0.2) is 0 Å². The van der Waals surface area contributed by atoms with E-state index >= 15 is 0 Å². The number of carbonyl (C=O) groups is 1. The normalized spacial score (nSPS) is 24.4. The average Bonchev–Trinajstić information content (AvgIpc) is 3.60. The molecule has 2 aromatic carbocycles. The molecular formula is C26H29BN2O4S2. The summed E-state index contributed by atoms with van der Waals surface area (Å²) < 4.78 is 11.7. The van der Waals surface area contributed by atoms with Crippen LogP contribution in [0.25, 0.3) is 0 Å². The smallest absolute Gasteiger partial charge is 0.491 e. The molecule has 1 fully saturated rings. The first kappa shape index (κ1) is 23.5. The van der Waals surface area contributed by atoms with Crippen molar-refractivity contribution in [1.82, 2.24) is 4.90 Å². The number of nitrogens with zero attached hydrogens (tertiary/aromatic N) is 1. The summed E-state index contributed by atoms with van der Waals surface area (Å²) in [7, 11) is -0.858. The molecule has 1 saturated heterocycles. The van der Waals surface area contributed by atoms with E-state index in [1.807, 2.05) is 29.2 Å². The minimum Gasteiger partial charge on any atom is -0.492 e. The van der Waals surface area contributed by atoms with Crippen molar-refractivity contribution in [3.05, 3.63) is 69.6 Å². The molecule has 6 nitrogen and oxygen atoms in total. The number of nitrogens with two attached hydrogens (primary N) is 1. The highest BCUT2D eigenvalue weighted by molar-refractivity contribution is 8.19. The molecule has 1 amide bonds. The van der Waals surface area contributed by atoms with Gasteiger partial charge in [0, 0.05) is 36.5 Å². The van der Waals surface area contributed by atoms with Crippen LogP contribution in [0.4, 0.5) is 0 Å². The summed E-state index contributed by atoms with van der Waals surface area (Å²) >= 11 is 3.44. The number of hydrogen-bond acceptors (Lipinski definition) is 7. The van der Waals surface area contributed by atoms with Crippen LogP contribution in [-0.4, -0.2) is 53.5 Å². The Balaban J connectivity index is 1.20. The molecule has 4 aliphatic rings. The predicted octanol–water partition coefficient (Wildman–Crippen LogP) is 2.72. The molecule has 2 atom stereocenters. The van der Waals surface area contributed by atoms with Gasteiger partial charge < -0.3 is 25.0 Å². The molecule has 0 aliphatic carbocycles. The lowest BCUT2D eigenvalue weighted by Crippen LogP contribution is -2.46. The van der Waals surface area contributed by atoms with E-state index in [0.29, 0.717) is 19.8 Å². The summed E-state index contributed by atoms with van der Waals surface area (Å²) in [5.41, 5.74) is 11.3. The van der Waals surface area contributed by atoms with Crippen LogP contribution in [0.3, 0.4) is 0 Å². The Morgan fingerprint density at radius 1 is 1.31 bits per heavy atom. The van der Waals surface area contributed by atoms with Crippen LogP contribution in [0.15, 0.2) is 47.4 Å². The van der Waals surface area contributed by atoms with Gasteiger partial charge in [-0.05, 0) is 47.3 Å². The summed E-state index contributed by atoms with van der Waals surface area (Å²) in [6, 6.07) is 12.3. The SMILES string of the molecule is CSC1SC(C(=O)N2CCC3(CC2)COc2ccc(CN)cc23)=CC1c1cccc2c1COB2O. The number of thioether (sulfide) groups is 2. The molecule has 2 unspecified atom stereocenters. The second-order valence-corrected chi connectivity index (χ2v) is 12.2. The zero-order valence-corrected chi connectivity index (χ0v) is 21.4. The highest BCUT2D eigenvalue weighted by atomic mass is 32.2. The average molecular weight is 508 g/mol. The fourth-order valence-electron chi connectivity index (χ4n) is 5.86. The first-order valence-corrected chi connectivity index (χ1v) is 14.3. The van der Waals surface area contributed by atoms with Crippen LogP contribution >= 0.6 is 23.5 Å². The number of hydrogen-bond donors (Lipinski definition) is 2. The summed E-state index contributed by atoms with van der Waals surface area (Å²) in [5.74, 6) is 1.20. The Morgan fingerprint density at radius 3 is 2.91 bits per heavy atom. The van der Waals surface area contributed by atoms with Gasteiger partial charge in [-0.25, -0.2) is 0 Å². The molecule has 4 heterocycles. The van der Waals surface area contributed by atoms with Gasteiger partial charge in [0.25, 0.3) is 5.91 Å². The van der Waals surface area contributed by atoms with Crippen molar-refractivity contribution < 1.29 is 19.2 Å². The zero-order chi connectivity index (χ0) is 24.2. The summed E-state index contributed by atoms with van der Waals surface area (Å²) in [6.45, 7) is 3.06. The maximum atomic E-state index is 13.6. The molecule has 0 radical (unpaired) electrons. The second kappa shape index (κ2) is 9.19. The monoisotopic (exact) mass is 508 g/mol. The fraction of sp³-hybridized carbons (Fsp3) is 0.423. The van der Waals surface area contributed by atoms with Crippen molar-refractivity contribution in [2.24, 2.45) is 5.73 Å². The number of carbonyl (C=O) groups excluding carboxylic acids is 1. The quantitative estimate of drug-likeness (QED) is 0.615. The Hall–Kier alpha value is -1.91. The van der Waals surface area contributed by atoms with Crippen molar-refractivity contribution in [2.45, 2.75) is 41.9 Å². The van der Waals surface area contributed by atoms with Gasteiger partial charge in [-0.3, -0.25) is 4.79 Å². The minimum absolute atomic E-state index is 0.0235. The molecule has 35 heavy (non-hydrogen) atoms. The zero-order valence-electron chi connectivity index (χ0n) is 19.7. The van der Waals surface area contributed by atoms with Gasteiger partial charge in [0.1, 0.15) is 5.75 Å². The third kappa shape index (κ3) is 3.92. The van der Waals surface area contributed by atoms with Crippen molar-refractivity contribution >= 4 is 42.0 Å². The molecule has 0 aromatic heterocycles. The third-order valence-corrected chi connectivity index (χ3v) is 10.6. The number of fused-ring (bicyclic) bond motifs is 3. The van der Waals surface area contributed by atoms with Gasteiger partial charge >= 0.3 is 7.12 Å². The molecule has 0 saturated carbocycles. The number of piperidine rings is 1. The summed E-state index contributed by atoms with van der Waals surface area (Å²) in [5, 5.41) is 10.1. The van der Waals surface area contributed by atoms with E-state index in [0.717, 1.165) is 58.7 Å². The Morgan fingerprint density at radius 2 is 2.14 bits per heavy atom. The number of likely N-dealkylation sites (tertiary alicyclic amines) is 1. The van der Waals surface area contributed by atoms with Crippen molar-refractivity contribution in [1.29, 1.82) is 0 Å². The van der Waals surface area contributed by atoms with Crippen LogP contribution in [0.1, 0.15) is 41.0 Å². The van der Waals surface area contributed by atoms with Crippen LogP contribution in [0, 0.1) is 0 Å². The summed E-state index contributed by atoms with van der Waals surface area (Å²) in [6.07, 6.45) is 6.03. The number of amides is 1. The van der Waals surface area contributed by atoms with E-state index < -0.39 is 7.12 Å². The van der Waals surface area contributed by atoms with E-state index in [1.54, 1.807) is 23.5 Å². The molecule has 2 aromatic rings.